The number of benzene rings is 2. The van der Waals surface area contributed by atoms with Crippen molar-refractivity contribution >= 4 is 31.5 Å². The largest absolute Gasteiger partial charge is 0.262 e. The molecule has 0 amide bonds. The number of nitrogens with zero attached hydrogens (tertiary/aromatic N) is 1. The van der Waals surface area contributed by atoms with Crippen LogP contribution in [0, 0.1) is 25.2 Å². The number of aryl methyl sites for hydroxylation is 2. The van der Waals surface area contributed by atoms with Gasteiger partial charge in [0, 0.05) is 20.5 Å². The van der Waals surface area contributed by atoms with Crippen molar-refractivity contribution in [3.05, 3.63) is 53.1 Å². The van der Waals surface area contributed by atoms with E-state index >= 15 is 0 Å². The Kier molecular flexibility index (Phi) is 4.62. The van der Waals surface area contributed by atoms with E-state index in [1.165, 1.54) is 17.8 Å². The molecule has 2 aromatic rings. The van der Waals surface area contributed by atoms with E-state index in [0.29, 0.717) is 4.90 Å². The van der Waals surface area contributed by atoms with Crippen molar-refractivity contribution in [1.82, 2.24) is 0 Å². The van der Waals surface area contributed by atoms with Crippen molar-refractivity contribution in [2.45, 2.75) is 28.5 Å². The van der Waals surface area contributed by atoms with Gasteiger partial charge in [0.15, 0.2) is 0 Å². The molecule has 0 heterocycles. The highest BCUT2D eigenvalue weighted by atomic mass is 35.7. The first-order chi connectivity index (χ1) is 9.81. The van der Waals surface area contributed by atoms with Gasteiger partial charge in [0.25, 0.3) is 9.05 Å². The predicted octanol–water partition coefficient (Wildman–Crippen LogP) is 4.25. The second-order valence-electron chi connectivity index (χ2n) is 4.58. The summed E-state index contributed by atoms with van der Waals surface area (Å²) in [6.45, 7) is 3.93. The van der Waals surface area contributed by atoms with Crippen LogP contribution >= 0.6 is 22.4 Å². The van der Waals surface area contributed by atoms with Gasteiger partial charge in [-0.3, -0.25) is 0 Å². The first-order valence-corrected chi connectivity index (χ1v) is 9.18. The quantitative estimate of drug-likeness (QED) is 0.785. The highest BCUT2D eigenvalue weighted by Gasteiger charge is 2.18. The van der Waals surface area contributed by atoms with Gasteiger partial charge in [0.1, 0.15) is 0 Å². The van der Waals surface area contributed by atoms with E-state index in [-0.39, 0.29) is 10.5 Å². The summed E-state index contributed by atoms with van der Waals surface area (Å²) < 4.78 is 23.4. The van der Waals surface area contributed by atoms with E-state index in [2.05, 4.69) is 0 Å². The van der Waals surface area contributed by atoms with Gasteiger partial charge in [0.05, 0.1) is 16.5 Å². The second kappa shape index (κ2) is 6.10. The van der Waals surface area contributed by atoms with Crippen LogP contribution < -0.4 is 0 Å². The molecule has 0 saturated carbocycles. The maximum atomic E-state index is 11.7. The summed E-state index contributed by atoms with van der Waals surface area (Å²) >= 11 is 1.33. The van der Waals surface area contributed by atoms with Gasteiger partial charge in [-0.25, -0.2) is 8.42 Å². The molecule has 21 heavy (non-hydrogen) atoms. The van der Waals surface area contributed by atoms with Crippen molar-refractivity contribution in [2.24, 2.45) is 0 Å². The van der Waals surface area contributed by atoms with E-state index in [1.807, 2.05) is 38.1 Å². The van der Waals surface area contributed by atoms with Gasteiger partial charge in [-0.05, 0) is 49.2 Å². The first kappa shape index (κ1) is 15.9. The molecule has 3 nitrogen and oxygen atoms in total. The van der Waals surface area contributed by atoms with Crippen LogP contribution in [-0.4, -0.2) is 8.42 Å². The van der Waals surface area contributed by atoms with Crippen molar-refractivity contribution < 1.29 is 8.42 Å². The van der Waals surface area contributed by atoms with Crippen LogP contribution in [0.25, 0.3) is 0 Å². The predicted molar refractivity (Wildman–Crippen MR) is 84.2 cm³/mol. The smallest absolute Gasteiger partial charge is 0.207 e. The van der Waals surface area contributed by atoms with Crippen LogP contribution in [0.2, 0.25) is 0 Å². The summed E-state index contributed by atoms with van der Waals surface area (Å²) in [4.78, 5) is 1.44. The van der Waals surface area contributed by atoms with Gasteiger partial charge in [0.2, 0.25) is 0 Å². The molecule has 0 radical (unpaired) electrons. The molecule has 0 saturated heterocycles. The number of hydrogen-bond acceptors (Lipinski definition) is 4. The van der Waals surface area contributed by atoms with E-state index in [1.54, 1.807) is 12.1 Å². The monoisotopic (exact) mass is 337 g/mol. The number of hydrogen-bond donors (Lipinski definition) is 0. The van der Waals surface area contributed by atoms with E-state index in [9.17, 15) is 8.42 Å². The Morgan fingerprint density at radius 2 is 1.81 bits per heavy atom. The van der Waals surface area contributed by atoms with Gasteiger partial charge in [-0.1, -0.05) is 23.9 Å². The third-order valence-electron chi connectivity index (χ3n) is 2.90. The molecule has 0 aliphatic heterocycles. The SMILES string of the molecule is Cc1ccc(C)c(Sc2ccc(C#N)cc2S(=O)(=O)Cl)c1. The molecule has 0 unspecified atom stereocenters. The summed E-state index contributed by atoms with van der Waals surface area (Å²) in [5.74, 6) is 0. The molecule has 0 aliphatic carbocycles. The van der Waals surface area contributed by atoms with Crippen LogP contribution in [-0.2, 0) is 9.05 Å². The van der Waals surface area contributed by atoms with Crippen molar-refractivity contribution in [3.63, 3.8) is 0 Å². The van der Waals surface area contributed by atoms with Crippen LogP contribution in [0.3, 0.4) is 0 Å². The average molecular weight is 338 g/mol. The highest BCUT2D eigenvalue weighted by Crippen LogP contribution is 2.36. The molecular weight excluding hydrogens is 326 g/mol. The lowest BCUT2D eigenvalue weighted by molar-refractivity contribution is 0.607. The van der Waals surface area contributed by atoms with Crippen LogP contribution in [0.15, 0.2) is 51.1 Å². The van der Waals surface area contributed by atoms with Gasteiger partial charge in [-0.15, -0.1) is 0 Å². The van der Waals surface area contributed by atoms with E-state index < -0.39 is 9.05 Å². The van der Waals surface area contributed by atoms with Crippen LogP contribution in [0.4, 0.5) is 0 Å². The fourth-order valence-corrected chi connectivity index (χ4v) is 4.35. The number of nitriles is 1. The summed E-state index contributed by atoms with van der Waals surface area (Å²) in [6, 6.07) is 12.4. The normalized spacial score (nSPS) is 11.1. The Hall–Kier alpha value is -1.48. The molecule has 0 fully saturated rings. The minimum absolute atomic E-state index is 0.0332. The fraction of sp³-hybridized carbons (Fsp3) is 0.133. The summed E-state index contributed by atoms with van der Waals surface area (Å²) in [5, 5.41) is 8.89. The fourth-order valence-electron chi connectivity index (χ4n) is 1.79. The zero-order chi connectivity index (χ0) is 15.6. The molecular formula is C15H12ClNO2S2. The van der Waals surface area contributed by atoms with Gasteiger partial charge < -0.3 is 0 Å². The molecule has 0 aromatic heterocycles. The topological polar surface area (TPSA) is 57.9 Å². The Morgan fingerprint density at radius 1 is 1.10 bits per heavy atom. The van der Waals surface area contributed by atoms with E-state index in [4.69, 9.17) is 15.9 Å². The summed E-state index contributed by atoms with van der Waals surface area (Å²) in [7, 11) is 1.57. The van der Waals surface area contributed by atoms with Crippen molar-refractivity contribution in [2.75, 3.05) is 0 Å². The molecule has 108 valence electrons. The lowest BCUT2D eigenvalue weighted by atomic mass is 10.2. The maximum Gasteiger partial charge on any atom is 0.262 e. The Labute approximate surface area is 133 Å². The standard InChI is InChI=1S/C15H12ClNO2S2/c1-10-3-4-11(2)14(7-10)20-13-6-5-12(9-17)8-15(13)21(16,18)19/h3-8H,1-2H3. The lowest BCUT2D eigenvalue weighted by Crippen LogP contribution is -1.95. The third-order valence-corrected chi connectivity index (χ3v) is 5.63. The molecule has 6 heteroatoms. The molecule has 0 spiro atoms. The van der Waals surface area contributed by atoms with Crippen molar-refractivity contribution in [1.29, 1.82) is 5.26 Å². The Bertz CT molecular complexity index is 839. The van der Waals surface area contributed by atoms with E-state index in [0.717, 1.165) is 16.0 Å². The zero-order valence-corrected chi connectivity index (χ0v) is 13.8. The molecule has 0 bridgehead atoms. The lowest BCUT2D eigenvalue weighted by Gasteiger charge is -2.10. The summed E-state index contributed by atoms with van der Waals surface area (Å²) in [5.41, 5.74) is 2.40. The number of halogens is 1. The Morgan fingerprint density at radius 3 is 2.43 bits per heavy atom. The molecule has 2 aromatic carbocycles. The van der Waals surface area contributed by atoms with Crippen LogP contribution in [0.5, 0.6) is 0 Å². The number of rotatable bonds is 3. The molecule has 0 N–H and O–H groups in total. The minimum atomic E-state index is -3.91. The van der Waals surface area contributed by atoms with Crippen molar-refractivity contribution in [3.8, 4) is 6.07 Å². The second-order valence-corrected chi connectivity index (χ2v) is 8.20. The zero-order valence-electron chi connectivity index (χ0n) is 11.4. The first-order valence-electron chi connectivity index (χ1n) is 6.05. The third kappa shape index (κ3) is 3.79. The molecule has 0 atom stereocenters. The molecule has 0 aliphatic rings. The minimum Gasteiger partial charge on any atom is -0.207 e. The molecule has 2 rings (SSSR count). The Balaban J connectivity index is 2.55. The van der Waals surface area contributed by atoms with Gasteiger partial charge >= 0.3 is 0 Å². The van der Waals surface area contributed by atoms with Gasteiger partial charge in [-0.2, -0.15) is 5.26 Å². The highest BCUT2D eigenvalue weighted by molar-refractivity contribution is 8.14. The summed E-state index contributed by atoms with van der Waals surface area (Å²) in [6.07, 6.45) is 0. The average Bonchev–Trinajstić information content (AvgIpc) is 2.42. The van der Waals surface area contributed by atoms with Crippen LogP contribution in [0.1, 0.15) is 16.7 Å². The maximum absolute atomic E-state index is 11.7.